The molecule has 10 heavy (non-hydrogen) atoms. The number of hydrogen-bond donors (Lipinski definition) is 1. The van der Waals surface area contributed by atoms with Crippen LogP contribution in [0.15, 0.2) is 0 Å². The summed E-state index contributed by atoms with van der Waals surface area (Å²) < 4.78 is 5.27. The van der Waals surface area contributed by atoms with E-state index in [0.717, 1.165) is 0 Å². The average Bonchev–Trinajstić information content (AvgIpc) is 2.36. The maximum Gasteiger partial charge on any atom is 0.122 e. The first-order valence-corrected chi connectivity index (χ1v) is 3.72. The maximum atomic E-state index is 9.35. The second-order valence-corrected chi connectivity index (χ2v) is 4.10. The number of aliphatic hydroxyl groups excluding tert-OH is 1. The quantitative estimate of drug-likeness (QED) is 0.560. The van der Waals surface area contributed by atoms with E-state index in [1.165, 1.54) is 0 Å². The minimum atomic E-state index is -0.354. The molecule has 0 aromatic heterocycles. The Morgan fingerprint density at radius 3 is 1.90 bits per heavy atom. The molecule has 0 saturated carbocycles. The molecule has 2 atom stereocenters. The van der Waals surface area contributed by atoms with Gasteiger partial charge in [0.1, 0.15) is 5.60 Å². The first-order valence-electron chi connectivity index (χ1n) is 3.72. The minimum Gasteiger partial charge on any atom is -0.390 e. The van der Waals surface area contributed by atoms with E-state index < -0.39 is 0 Å². The Morgan fingerprint density at radius 1 is 1.50 bits per heavy atom. The fourth-order valence-corrected chi connectivity index (χ4v) is 1.38. The number of ether oxygens (including phenoxy) is 1. The summed E-state index contributed by atoms with van der Waals surface area (Å²) in [5, 5.41) is 9.35. The molecule has 1 N–H and O–H groups in total. The van der Waals surface area contributed by atoms with E-state index in [-0.39, 0.29) is 17.1 Å². The molecular formula is C8H16O2. The summed E-state index contributed by atoms with van der Waals surface area (Å²) in [5.74, 6) is 0. The van der Waals surface area contributed by atoms with Crippen molar-refractivity contribution in [2.75, 3.05) is 6.61 Å². The number of aliphatic hydroxyl groups is 1. The molecule has 2 heteroatoms. The van der Waals surface area contributed by atoms with Gasteiger partial charge in [-0.05, 0) is 12.3 Å². The summed E-state index contributed by atoms with van der Waals surface area (Å²) in [7, 11) is 0. The van der Waals surface area contributed by atoms with Crippen LogP contribution in [0.2, 0.25) is 0 Å². The SMILES string of the molecule is C[C@H](O)[C@]1(C(C)(C)C)CO1. The summed E-state index contributed by atoms with van der Waals surface area (Å²) in [4.78, 5) is 0. The average molecular weight is 144 g/mol. The van der Waals surface area contributed by atoms with Crippen LogP contribution in [0.25, 0.3) is 0 Å². The third-order valence-corrected chi connectivity index (χ3v) is 2.40. The van der Waals surface area contributed by atoms with Gasteiger partial charge in [-0.1, -0.05) is 20.8 Å². The Morgan fingerprint density at radius 2 is 1.90 bits per heavy atom. The zero-order valence-electron chi connectivity index (χ0n) is 7.14. The van der Waals surface area contributed by atoms with Crippen molar-refractivity contribution in [1.82, 2.24) is 0 Å². The topological polar surface area (TPSA) is 32.8 Å². The molecule has 0 unspecified atom stereocenters. The second kappa shape index (κ2) is 1.95. The standard InChI is InChI=1S/C8H16O2/c1-6(9)8(5-10-8)7(2,3)4/h6,9H,5H2,1-4H3/t6-,8-/m0/s1. The van der Waals surface area contributed by atoms with Gasteiger partial charge in [-0.25, -0.2) is 0 Å². The summed E-state index contributed by atoms with van der Waals surface area (Å²) >= 11 is 0. The van der Waals surface area contributed by atoms with Gasteiger partial charge in [-0.2, -0.15) is 0 Å². The maximum absolute atomic E-state index is 9.35. The van der Waals surface area contributed by atoms with Crippen molar-refractivity contribution >= 4 is 0 Å². The van der Waals surface area contributed by atoms with Gasteiger partial charge in [0, 0.05) is 0 Å². The predicted molar refractivity (Wildman–Crippen MR) is 39.8 cm³/mol. The molecule has 1 saturated heterocycles. The van der Waals surface area contributed by atoms with Crippen LogP contribution in [0.1, 0.15) is 27.7 Å². The first-order chi connectivity index (χ1) is 4.40. The van der Waals surface area contributed by atoms with Crippen LogP contribution in [-0.4, -0.2) is 23.4 Å². The van der Waals surface area contributed by atoms with Crippen LogP contribution < -0.4 is 0 Å². The molecular weight excluding hydrogens is 128 g/mol. The summed E-state index contributed by atoms with van der Waals surface area (Å²) in [6.07, 6.45) is -0.354. The number of epoxide rings is 1. The van der Waals surface area contributed by atoms with E-state index >= 15 is 0 Å². The fraction of sp³-hybridized carbons (Fsp3) is 1.00. The Labute approximate surface area is 62.2 Å². The lowest BCUT2D eigenvalue weighted by Crippen LogP contribution is -2.40. The highest BCUT2D eigenvalue weighted by Gasteiger charge is 2.57. The van der Waals surface area contributed by atoms with Gasteiger partial charge in [0.2, 0.25) is 0 Å². The molecule has 2 nitrogen and oxygen atoms in total. The molecule has 1 fully saturated rings. The summed E-state index contributed by atoms with van der Waals surface area (Å²) in [6, 6.07) is 0. The van der Waals surface area contributed by atoms with Crippen LogP contribution in [0, 0.1) is 5.41 Å². The van der Waals surface area contributed by atoms with Crippen LogP contribution in [0.3, 0.4) is 0 Å². The molecule has 60 valence electrons. The van der Waals surface area contributed by atoms with Gasteiger partial charge in [-0.15, -0.1) is 0 Å². The number of hydrogen-bond acceptors (Lipinski definition) is 2. The molecule has 0 aliphatic carbocycles. The molecule has 1 heterocycles. The molecule has 1 rings (SSSR count). The van der Waals surface area contributed by atoms with Crippen LogP contribution in [0.5, 0.6) is 0 Å². The van der Waals surface area contributed by atoms with Crippen molar-refractivity contribution in [2.24, 2.45) is 5.41 Å². The molecule has 0 amide bonds. The predicted octanol–water partition coefficient (Wildman–Crippen LogP) is 1.18. The number of rotatable bonds is 1. The molecule has 0 bridgehead atoms. The minimum absolute atomic E-state index is 0.0567. The summed E-state index contributed by atoms with van der Waals surface area (Å²) in [6.45, 7) is 8.76. The molecule has 1 aliphatic rings. The van der Waals surface area contributed by atoms with Crippen molar-refractivity contribution < 1.29 is 9.84 Å². The van der Waals surface area contributed by atoms with Crippen molar-refractivity contribution in [3.05, 3.63) is 0 Å². The van der Waals surface area contributed by atoms with E-state index in [1.807, 2.05) is 0 Å². The van der Waals surface area contributed by atoms with Gasteiger partial charge in [0.25, 0.3) is 0 Å². The smallest absolute Gasteiger partial charge is 0.122 e. The zero-order chi connectivity index (χ0) is 7.99. The highest BCUT2D eigenvalue weighted by Crippen LogP contribution is 2.46. The monoisotopic (exact) mass is 144 g/mol. The van der Waals surface area contributed by atoms with Gasteiger partial charge in [0.15, 0.2) is 0 Å². The second-order valence-electron chi connectivity index (χ2n) is 4.10. The van der Waals surface area contributed by atoms with Crippen LogP contribution >= 0.6 is 0 Å². The lowest BCUT2D eigenvalue weighted by atomic mass is 9.78. The normalized spacial score (nSPS) is 35.7. The van der Waals surface area contributed by atoms with Gasteiger partial charge >= 0.3 is 0 Å². The Balaban J connectivity index is 2.70. The van der Waals surface area contributed by atoms with Crippen molar-refractivity contribution in [3.8, 4) is 0 Å². The van der Waals surface area contributed by atoms with Crippen molar-refractivity contribution in [3.63, 3.8) is 0 Å². The van der Waals surface area contributed by atoms with Crippen LogP contribution in [0.4, 0.5) is 0 Å². The summed E-state index contributed by atoms with van der Waals surface area (Å²) in [5.41, 5.74) is -0.200. The highest BCUT2D eigenvalue weighted by molar-refractivity contribution is 5.05. The van der Waals surface area contributed by atoms with Crippen LogP contribution in [-0.2, 0) is 4.74 Å². The third kappa shape index (κ3) is 0.956. The Kier molecular flexibility index (Phi) is 1.57. The molecule has 0 spiro atoms. The van der Waals surface area contributed by atoms with E-state index in [1.54, 1.807) is 6.92 Å². The highest BCUT2D eigenvalue weighted by atomic mass is 16.6. The molecule has 0 aromatic rings. The first kappa shape index (κ1) is 8.02. The Hall–Kier alpha value is -0.0800. The molecule has 1 aliphatic heterocycles. The Bertz CT molecular complexity index is 129. The van der Waals surface area contributed by atoms with E-state index in [0.29, 0.717) is 6.61 Å². The largest absolute Gasteiger partial charge is 0.390 e. The van der Waals surface area contributed by atoms with Gasteiger partial charge in [0.05, 0.1) is 12.7 Å². The van der Waals surface area contributed by atoms with E-state index in [2.05, 4.69) is 20.8 Å². The molecule has 0 radical (unpaired) electrons. The third-order valence-electron chi connectivity index (χ3n) is 2.40. The molecule has 0 aromatic carbocycles. The van der Waals surface area contributed by atoms with E-state index in [9.17, 15) is 5.11 Å². The van der Waals surface area contributed by atoms with E-state index in [4.69, 9.17) is 4.74 Å². The van der Waals surface area contributed by atoms with Gasteiger partial charge < -0.3 is 9.84 Å². The lowest BCUT2D eigenvalue weighted by Gasteiger charge is -2.29. The zero-order valence-corrected chi connectivity index (χ0v) is 7.14. The van der Waals surface area contributed by atoms with Crippen molar-refractivity contribution in [2.45, 2.75) is 39.4 Å². The van der Waals surface area contributed by atoms with Gasteiger partial charge in [-0.3, -0.25) is 0 Å². The lowest BCUT2D eigenvalue weighted by molar-refractivity contribution is 0.0211. The fourth-order valence-electron chi connectivity index (χ4n) is 1.38. The van der Waals surface area contributed by atoms with Crippen molar-refractivity contribution in [1.29, 1.82) is 0 Å².